The lowest BCUT2D eigenvalue weighted by molar-refractivity contribution is 0.0949. The molecule has 0 aliphatic carbocycles. The maximum absolute atomic E-state index is 13.2. The maximum atomic E-state index is 13.2. The number of nitrogens with one attached hydrogen (secondary N) is 2. The van der Waals surface area contributed by atoms with Gasteiger partial charge in [-0.3, -0.25) is 4.79 Å². The number of carbonyl (C=O) groups is 2. The fourth-order valence-corrected chi connectivity index (χ4v) is 3.27. The molecule has 1 fully saturated rings. The van der Waals surface area contributed by atoms with E-state index in [2.05, 4.69) is 10.6 Å². The van der Waals surface area contributed by atoms with Crippen molar-refractivity contribution in [3.05, 3.63) is 66.0 Å². The first-order valence-corrected chi connectivity index (χ1v) is 9.26. The number of piperidine rings is 1. The minimum absolute atomic E-state index is 0.0703. The molecule has 0 spiro atoms. The predicted octanol–water partition coefficient (Wildman–Crippen LogP) is 3.89. The van der Waals surface area contributed by atoms with Crippen molar-refractivity contribution in [2.24, 2.45) is 5.92 Å². The molecule has 1 saturated heterocycles. The summed E-state index contributed by atoms with van der Waals surface area (Å²) in [6.07, 6.45) is 2.69. The average molecular weight is 369 g/mol. The summed E-state index contributed by atoms with van der Waals surface area (Å²) in [5, 5.41) is 5.75. The molecule has 0 atom stereocenters. The molecule has 0 bridgehead atoms. The zero-order valence-electron chi connectivity index (χ0n) is 15.2. The van der Waals surface area contributed by atoms with Gasteiger partial charge in [0.05, 0.1) is 0 Å². The summed E-state index contributed by atoms with van der Waals surface area (Å²) in [5.41, 5.74) is 1.13. The molecule has 0 radical (unpaired) electrons. The Morgan fingerprint density at radius 3 is 2.48 bits per heavy atom. The van der Waals surface area contributed by atoms with Crippen LogP contribution in [0.4, 0.5) is 14.9 Å². The second-order valence-electron chi connectivity index (χ2n) is 6.78. The molecule has 0 saturated carbocycles. The monoisotopic (exact) mass is 369 g/mol. The number of amides is 3. The van der Waals surface area contributed by atoms with Crippen LogP contribution < -0.4 is 10.6 Å². The van der Waals surface area contributed by atoms with E-state index in [1.807, 2.05) is 35.2 Å². The van der Waals surface area contributed by atoms with E-state index in [9.17, 15) is 14.0 Å². The molecule has 2 N–H and O–H groups in total. The van der Waals surface area contributed by atoms with Gasteiger partial charge in [-0.05, 0) is 55.5 Å². The number of carbonyl (C=O) groups excluding carboxylic acids is 2. The van der Waals surface area contributed by atoms with Gasteiger partial charge in [-0.2, -0.15) is 0 Å². The Kier molecular flexibility index (Phi) is 6.41. The van der Waals surface area contributed by atoms with Gasteiger partial charge in [0.1, 0.15) is 5.82 Å². The van der Waals surface area contributed by atoms with Gasteiger partial charge in [0, 0.05) is 30.9 Å². The molecule has 0 aromatic heterocycles. The average Bonchev–Trinajstić information content (AvgIpc) is 2.69. The highest BCUT2D eigenvalue weighted by molar-refractivity contribution is 5.94. The molecule has 5 nitrogen and oxygen atoms in total. The SMILES string of the molecule is O=C(NCCC1CCN(C(=O)Nc2ccccc2)CC1)c1cccc(F)c1. The molecular formula is C21H24FN3O2. The van der Waals surface area contributed by atoms with Crippen LogP contribution in [0.15, 0.2) is 54.6 Å². The third-order valence-corrected chi connectivity index (χ3v) is 4.85. The number of halogens is 1. The van der Waals surface area contributed by atoms with E-state index in [-0.39, 0.29) is 11.9 Å². The van der Waals surface area contributed by atoms with Gasteiger partial charge in [0.2, 0.25) is 0 Å². The van der Waals surface area contributed by atoms with Crippen LogP contribution in [0.3, 0.4) is 0 Å². The fourth-order valence-electron chi connectivity index (χ4n) is 3.27. The summed E-state index contributed by atoms with van der Waals surface area (Å²) < 4.78 is 13.2. The lowest BCUT2D eigenvalue weighted by atomic mass is 9.93. The molecule has 2 aromatic carbocycles. The molecule has 1 aliphatic heterocycles. The highest BCUT2D eigenvalue weighted by atomic mass is 19.1. The zero-order valence-corrected chi connectivity index (χ0v) is 15.2. The topological polar surface area (TPSA) is 61.4 Å². The Hall–Kier alpha value is -2.89. The molecule has 3 amide bonds. The Balaban J connectivity index is 1.37. The molecule has 2 aromatic rings. The van der Waals surface area contributed by atoms with Gasteiger partial charge in [0.25, 0.3) is 5.91 Å². The molecular weight excluding hydrogens is 345 g/mol. The standard InChI is InChI=1S/C21H24FN3O2/c22-18-6-4-5-17(15-18)20(26)23-12-9-16-10-13-25(14-11-16)21(27)24-19-7-2-1-3-8-19/h1-8,15-16H,9-14H2,(H,23,26)(H,24,27). The number of anilines is 1. The van der Waals surface area contributed by atoms with Crippen molar-refractivity contribution < 1.29 is 14.0 Å². The summed E-state index contributed by atoms with van der Waals surface area (Å²) in [6.45, 7) is 1.97. The molecule has 0 unspecified atom stereocenters. The molecule has 27 heavy (non-hydrogen) atoms. The Morgan fingerprint density at radius 2 is 1.78 bits per heavy atom. The summed E-state index contributed by atoms with van der Waals surface area (Å²) in [7, 11) is 0. The Morgan fingerprint density at radius 1 is 1.04 bits per heavy atom. The summed E-state index contributed by atoms with van der Waals surface area (Å²) >= 11 is 0. The quantitative estimate of drug-likeness (QED) is 0.840. The first-order valence-electron chi connectivity index (χ1n) is 9.26. The fraction of sp³-hybridized carbons (Fsp3) is 0.333. The van der Waals surface area contributed by atoms with Gasteiger partial charge in [0.15, 0.2) is 0 Å². The van der Waals surface area contributed by atoms with E-state index >= 15 is 0 Å². The van der Waals surface area contributed by atoms with E-state index < -0.39 is 5.82 Å². The van der Waals surface area contributed by atoms with Crippen LogP contribution in [0.1, 0.15) is 29.6 Å². The first-order chi connectivity index (χ1) is 13.1. The van der Waals surface area contributed by atoms with Crippen LogP contribution >= 0.6 is 0 Å². The van der Waals surface area contributed by atoms with Crippen LogP contribution in [0.5, 0.6) is 0 Å². The minimum Gasteiger partial charge on any atom is -0.352 e. The number of urea groups is 1. The summed E-state index contributed by atoms with van der Waals surface area (Å²) in [4.78, 5) is 26.1. The van der Waals surface area contributed by atoms with E-state index in [4.69, 9.17) is 0 Å². The highest BCUT2D eigenvalue weighted by Crippen LogP contribution is 2.21. The molecule has 1 aliphatic rings. The van der Waals surface area contributed by atoms with Crippen molar-refractivity contribution in [1.29, 1.82) is 0 Å². The molecule has 142 valence electrons. The minimum atomic E-state index is -0.413. The van der Waals surface area contributed by atoms with Gasteiger partial charge in [-0.15, -0.1) is 0 Å². The lowest BCUT2D eigenvalue weighted by Crippen LogP contribution is -2.41. The molecule has 6 heteroatoms. The van der Waals surface area contributed by atoms with Crippen LogP contribution in [0, 0.1) is 11.7 Å². The summed E-state index contributed by atoms with van der Waals surface area (Å²) in [5.74, 6) is -0.198. The van der Waals surface area contributed by atoms with Crippen LogP contribution in [0.25, 0.3) is 0 Å². The normalized spacial score (nSPS) is 14.6. The predicted molar refractivity (Wildman–Crippen MR) is 103 cm³/mol. The van der Waals surface area contributed by atoms with Crippen molar-refractivity contribution in [3.8, 4) is 0 Å². The number of likely N-dealkylation sites (tertiary alicyclic amines) is 1. The van der Waals surface area contributed by atoms with Gasteiger partial charge < -0.3 is 15.5 Å². The van der Waals surface area contributed by atoms with Crippen molar-refractivity contribution in [2.45, 2.75) is 19.3 Å². The van der Waals surface area contributed by atoms with Crippen molar-refractivity contribution in [2.75, 3.05) is 25.0 Å². The summed E-state index contributed by atoms with van der Waals surface area (Å²) in [6, 6.07) is 15.0. The Labute approximate surface area is 158 Å². The largest absolute Gasteiger partial charge is 0.352 e. The number of para-hydroxylation sites is 1. The highest BCUT2D eigenvalue weighted by Gasteiger charge is 2.22. The van der Waals surface area contributed by atoms with Crippen LogP contribution in [-0.4, -0.2) is 36.5 Å². The second kappa shape index (κ2) is 9.16. The van der Waals surface area contributed by atoms with Crippen molar-refractivity contribution in [3.63, 3.8) is 0 Å². The smallest absolute Gasteiger partial charge is 0.321 e. The lowest BCUT2D eigenvalue weighted by Gasteiger charge is -2.32. The van der Waals surface area contributed by atoms with E-state index in [0.29, 0.717) is 31.1 Å². The Bertz CT molecular complexity index is 774. The molecule has 3 rings (SSSR count). The van der Waals surface area contributed by atoms with Crippen LogP contribution in [0.2, 0.25) is 0 Å². The van der Waals surface area contributed by atoms with E-state index in [1.54, 1.807) is 6.07 Å². The second-order valence-corrected chi connectivity index (χ2v) is 6.78. The number of rotatable bonds is 5. The number of hydrogen-bond donors (Lipinski definition) is 2. The van der Waals surface area contributed by atoms with Gasteiger partial charge in [-0.1, -0.05) is 24.3 Å². The van der Waals surface area contributed by atoms with Gasteiger partial charge in [-0.25, -0.2) is 9.18 Å². The number of nitrogens with zero attached hydrogens (tertiary/aromatic N) is 1. The molecule has 1 heterocycles. The van der Waals surface area contributed by atoms with Crippen molar-refractivity contribution in [1.82, 2.24) is 10.2 Å². The zero-order chi connectivity index (χ0) is 19.1. The number of hydrogen-bond acceptors (Lipinski definition) is 2. The van der Waals surface area contributed by atoms with Crippen molar-refractivity contribution >= 4 is 17.6 Å². The number of benzene rings is 2. The van der Waals surface area contributed by atoms with Crippen LogP contribution in [-0.2, 0) is 0 Å². The van der Waals surface area contributed by atoms with E-state index in [0.717, 1.165) is 24.9 Å². The first kappa shape index (κ1) is 18.9. The third kappa shape index (κ3) is 5.54. The maximum Gasteiger partial charge on any atom is 0.321 e. The van der Waals surface area contributed by atoms with Gasteiger partial charge >= 0.3 is 6.03 Å². The third-order valence-electron chi connectivity index (χ3n) is 4.85. The van der Waals surface area contributed by atoms with E-state index in [1.165, 1.54) is 18.2 Å².